The molecule has 2 fully saturated rings. The van der Waals surface area contributed by atoms with Crippen molar-refractivity contribution in [2.24, 2.45) is 17.8 Å². The highest BCUT2D eigenvalue weighted by Crippen LogP contribution is 2.45. The van der Waals surface area contributed by atoms with E-state index in [1.807, 2.05) is 6.07 Å². The highest BCUT2D eigenvalue weighted by atomic mass is 19.3. The fourth-order valence-electron chi connectivity index (χ4n) is 5.97. The molecule has 2 N–H and O–H groups in total. The number of nitrogens with zero attached hydrogens (tertiary/aromatic N) is 2. The number of ketones is 1. The molecule has 1 aromatic rings. The molecule has 2 heterocycles. The summed E-state index contributed by atoms with van der Waals surface area (Å²) in [6.07, 6.45) is -0.953. The van der Waals surface area contributed by atoms with E-state index in [4.69, 9.17) is 4.74 Å². The number of amides is 4. The van der Waals surface area contributed by atoms with E-state index in [1.165, 1.54) is 6.92 Å². The monoisotopic (exact) mass is 606 g/mol. The lowest BCUT2D eigenvalue weighted by Crippen LogP contribution is -2.61. The third-order valence-corrected chi connectivity index (χ3v) is 8.27. The smallest absolute Gasteiger partial charge is 0.408 e. The lowest BCUT2D eigenvalue weighted by atomic mass is 9.88. The van der Waals surface area contributed by atoms with Gasteiger partial charge < -0.3 is 25.2 Å². The lowest BCUT2D eigenvalue weighted by molar-refractivity contribution is -0.158. The predicted molar refractivity (Wildman–Crippen MR) is 155 cm³/mol. The van der Waals surface area contributed by atoms with Gasteiger partial charge in [0.1, 0.15) is 18.1 Å². The number of halogens is 2. The van der Waals surface area contributed by atoms with Gasteiger partial charge in [-0.25, -0.2) is 13.6 Å². The van der Waals surface area contributed by atoms with E-state index in [0.29, 0.717) is 6.42 Å². The number of hydrogen-bond donors (Lipinski definition) is 2. The van der Waals surface area contributed by atoms with Gasteiger partial charge in [0.05, 0.1) is 18.7 Å². The average Bonchev–Trinajstić information content (AvgIpc) is 3.27. The second-order valence-electron chi connectivity index (χ2n) is 12.2. The van der Waals surface area contributed by atoms with Gasteiger partial charge in [-0.05, 0) is 44.6 Å². The quantitative estimate of drug-likeness (QED) is 0.370. The number of benzene rings is 1. The van der Waals surface area contributed by atoms with Crippen LogP contribution in [0.25, 0.3) is 0 Å². The SMILES string of the molecule is CCCC(C(=O)C(=O)N[C@H](C)c1ccccc1)N1CC(F)(F)[C@H]2CN(C(=O)[C@@H](NC(=O)OC(C)C)C(C)C)[C@H](C1=O)[C@H]2C. The number of likely N-dealkylation sites (tertiary alicyclic amines) is 2. The van der Waals surface area contributed by atoms with Crippen LogP contribution in [0.15, 0.2) is 30.3 Å². The Balaban J connectivity index is 1.91. The van der Waals surface area contributed by atoms with Gasteiger partial charge in [-0.3, -0.25) is 19.2 Å². The molecule has 0 aliphatic carbocycles. The summed E-state index contributed by atoms with van der Waals surface area (Å²) in [6, 6.07) is 4.54. The van der Waals surface area contributed by atoms with Crippen LogP contribution in [0.1, 0.15) is 72.9 Å². The molecule has 3 rings (SSSR count). The van der Waals surface area contributed by atoms with Crippen molar-refractivity contribution in [3.05, 3.63) is 35.9 Å². The van der Waals surface area contributed by atoms with Gasteiger partial charge in [0.2, 0.25) is 17.6 Å². The summed E-state index contributed by atoms with van der Waals surface area (Å²) in [4.78, 5) is 68.6. The first kappa shape index (κ1) is 33.9. The van der Waals surface area contributed by atoms with E-state index < -0.39 is 90.1 Å². The van der Waals surface area contributed by atoms with Crippen molar-refractivity contribution in [2.75, 3.05) is 13.1 Å². The molecule has 2 saturated heterocycles. The molecule has 4 amide bonds. The number of fused-ring (bicyclic) bond motifs is 2. The molecule has 2 aliphatic heterocycles. The molecule has 43 heavy (non-hydrogen) atoms. The highest BCUT2D eigenvalue weighted by molar-refractivity contribution is 6.38. The largest absolute Gasteiger partial charge is 0.447 e. The maximum Gasteiger partial charge on any atom is 0.408 e. The van der Waals surface area contributed by atoms with Gasteiger partial charge >= 0.3 is 6.09 Å². The second kappa shape index (κ2) is 13.8. The summed E-state index contributed by atoms with van der Waals surface area (Å²) in [5.41, 5.74) is 0.749. The number of hydrogen-bond acceptors (Lipinski definition) is 6. The number of carbonyl (C=O) groups excluding carboxylic acids is 5. The van der Waals surface area contributed by atoms with Crippen LogP contribution >= 0.6 is 0 Å². The molecular weight excluding hydrogens is 562 g/mol. The summed E-state index contributed by atoms with van der Waals surface area (Å²) in [5.74, 6) is -9.66. The van der Waals surface area contributed by atoms with E-state index in [-0.39, 0.29) is 13.0 Å². The van der Waals surface area contributed by atoms with Crippen molar-refractivity contribution < 1.29 is 37.5 Å². The molecule has 0 saturated carbocycles. The standard InChI is InChI=1S/C31H44F2N4O6/c1-8-12-23(26(38)27(39)34-20(7)21-13-10-9-11-14-21)37-16-31(32,33)22-15-36(25(19(22)6)29(37)41)28(40)24(17(2)3)35-30(42)43-18(4)5/h9-11,13-14,17-20,22-25H,8,12,15-16H2,1-7H3,(H,34,39)(H,35,42)/t19-,20+,22-,23?,24-,25-/m0/s1. The van der Waals surface area contributed by atoms with Crippen LogP contribution in [0.5, 0.6) is 0 Å². The molecule has 0 radical (unpaired) electrons. The van der Waals surface area contributed by atoms with Crippen molar-refractivity contribution in [1.29, 1.82) is 0 Å². The van der Waals surface area contributed by atoms with E-state index in [9.17, 15) is 24.0 Å². The molecular formula is C31H44F2N4O6. The zero-order chi connectivity index (χ0) is 32.2. The third-order valence-electron chi connectivity index (χ3n) is 8.27. The highest BCUT2D eigenvalue weighted by Gasteiger charge is 2.61. The Morgan fingerprint density at radius 1 is 1.05 bits per heavy atom. The number of alkyl halides is 2. The van der Waals surface area contributed by atoms with E-state index in [2.05, 4.69) is 10.6 Å². The van der Waals surface area contributed by atoms with Crippen LogP contribution in [-0.4, -0.2) is 82.6 Å². The minimum atomic E-state index is -3.45. The van der Waals surface area contributed by atoms with Crippen LogP contribution in [0, 0.1) is 17.8 Å². The van der Waals surface area contributed by atoms with Gasteiger partial charge in [0.15, 0.2) is 0 Å². The summed E-state index contributed by atoms with van der Waals surface area (Å²) in [6.45, 7) is 10.2. The fraction of sp³-hybridized carbons (Fsp3) is 0.645. The number of carbonyl (C=O) groups is 5. The van der Waals surface area contributed by atoms with Crippen LogP contribution in [0.2, 0.25) is 0 Å². The van der Waals surface area contributed by atoms with Gasteiger partial charge in [-0.1, -0.05) is 64.4 Å². The van der Waals surface area contributed by atoms with Crippen molar-refractivity contribution in [3.63, 3.8) is 0 Å². The van der Waals surface area contributed by atoms with Gasteiger partial charge in [0, 0.05) is 12.5 Å². The molecule has 10 nitrogen and oxygen atoms in total. The first-order chi connectivity index (χ1) is 20.1. The Bertz CT molecular complexity index is 1190. The van der Waals surface area contributed by atoms with Gasteiger partial charge in [-0.15, -0.1) is 0 Å². The Morgan fingerprint density at radius 3 is 2.23 bits per heavy atom. The summed E-state index contributed by atoms with van der Waals surface area (Å²) < 4.78 is 36.8. The van der Waals surface area contributed by atoms with E-state index in [1.54, 1.807) is 65.8 Å². The van der Waals surface area contributed by atoms with E-state index in [0.717, 1.165) is 15.4 Å². The molecule has 238 valence electrons. The predicted octanol–water partition coefficient (Wildman–Crippen LogP) is 3.70. The molecule has 2 aliphatic rings. The van der Waals surface area contributed by atoms with Crippen LogP contribution in [-0.2, 0) is 23.9 Å². The van der Waals surface area contributed by atoms with Crippen molar-refractivity contribution in [2.45, 2.75) is 97.5 Å². The maximum atomic E-state index is 15.8. The Kier molecular flexibility index (Phi) is 10.9. The molecule has 12 heteroatoms. The fourth-order valence-corrected chi connectivity index (χ4v) is 5.97. The average molecular weight is 607 g/mol. The Hall–Kier alpha value is -3.57. The Morgan fingerprint density at radius 2 is 1.67 bits per heavy atom. The first-order valence-electron chi connectivity index (χ1n) is 15.0. The number of alkyl carbamates (subject to hydrolysis) is 1. The lowest BCUT2D eigenvalue weighted by Gasteiger charge is -2.39. The summed E-state index contributed by atoms with van der Waals surface area (Å²) >= 11 is 0. The molecule has 0 spiro atoms. The third kappa shape index (κ3) is 7.51. The molecule has 2 bridgehead atoms. The second-order valence-corrected chi connectivity index (χ2v) is 12.2. The normalized spacial score (nSPS) is 23.4. The number of nitrogens with one attached hydrogen (secondary N) is 2. The minimum absolute atomic E-state index is 0.00920. The number of ether oxygens (including phenoxy) is 1. The summed E-state index contributed by atoms with van der Waals surface area (Å²) in [5, 5.41) is 5.14. The van der Waals surface area contributed by atoms with Crippen molar-refractivity contribution in [1.82, 2.24) is 20.4 Å². The molecule has 0 aromatic heterocycles. The minimum Gasteiger partial charge on any atom is -0.447 e. The van der Waals surface area contributed by atoms with Crippen LogP contribution < -0.4 is 10.6 Å². The van der Waals surface area contributed by atoms with Crippen molar-refractivity contribution >= 4 is 29.6 Å². The topological polar surface area (TPSA) is 125 Å². The van der Waals surface area contributed by atoms with Gasteiger partial charge in [0.25, 0.3) is 11.8 Å². The summed E-state index contributed by atoms with van der Waals surface area (Å²) in [7, 11) is 0. The maximum absolute atomic E-state index is 15.8. The van der Waals surface area contributed by atoms with Crippen LogP contribution in [0.3, 0.4) is 0 Å². The number of Topliss-reactive ketones (excluding diaryl/α,β-unsaturated/α-hetero) is 1. The zero-order valence-corrected chi connectivity index (χ0v) is 25.9. The Labute approximate surface area is 251 Å². The molecule has 1 aromatic carbocycles. The first-order valence-corrected chi connectivity index (χ1v) is 15.0. The van der Waals surface area contributed by atoms with Gasteiger partial charge in [-0.2, -0.15) is 0 Å². The molecule has 6 atom stereocenters. The van der Waals surface area contributed by atoms with Crippen molar-refractivity contribution in [3.8, 4) is 0 Å². The zero-order valence-electron chi connectivity index (χ0n) is 25.9. The van der Waals surface area contributed by atoms with Crippen LogP contribution in [0.4, 0.5) is 13.6 Å². The van der Waals surface area contributed by atoms with E-state index >= 15 is 8.78 Å². The number of rotatable bonds is 11. The molecule has 1 unspecified atom stereocenters.